The fourth-order valence-corrected chi connectivity index (χ4v) is 2.23. The number of benzene rings is 2. The van der Waals surface area contributed by atoms with Crippen molar-refractivity contribution in [3.8, 4) is 23.0 Å². The number of amides is 1. The van der Waals surface area contributed by atoms with Gasteiger partial charge in [-0.05, 0) is 30.3 Å². The van der Waals surface area contributed by atoms with Crippen molar-refractivity contribution in [3.63, 3.8) is 0 Å². The summed E-state index contributed by atoms with van der Waals surface area (Å²) in [7, 11) is 1.40. The molecule has 0 spiro atoms. The number of hydrogen-bond acceptors (Lipinski definition) is 8. The van der Waals surface area contributed by atoms with Gasteiger partial charge >= 0.3 is 0 Å². The molecular weight excluding hydrogens is 356 g/mol. The molecule has 0 bridgehead atoms. The molecule has 0 aliphatic rings. The van der Waals surface area contributed by atoms with Gasteiger partial charge in [0.15, 0.2) is 6.61 Å². The summed E-state index contributed by atoms with van der Waals surface area (Å²) >= 11 is 0. The van der Waals surface area contributed by atoms with E-state index in [1.807, 2.05) is 0 Å². The average Bonchev–Trinajstić information content (AvgIpc) is 3.21. The van der Waals surface area contributed by atoms with E-state index in [2.05, 4.69) is 15.5 Å². The van der Waals surface area contributed by atoms with Crippen LogP contribution in [0.5, 0.6) is 11.5 Å². The average molecular weight is 370 g/mol. The van der Waals surface area contributed by atoms with E-state index in [1.165, 1.54) is 31.7 Å². The second kappa shape index (κ2) is 7.95. The van der Waals surface area contributed by atoms with E-state index >= 15 is 0 Å². The summed E-state index contributed by atoms with van der Waals surface area (Å²) in [6.07, 6.45) is 1.23. The lowest BCUT2D eigenvalue weighted by molar-refractivity contribution is -0.384. The molecule has 0 saturated carbocycles. The number of carbonyl (C=O) groups is 1. The molecule has 0 radical (unpaired) electrons. The molecular formula is C17H14N4O6. The summed E-state index contributed by atoms with van der Waals surface area (Å²) in [5.74, 6) is 0.643. The molecule has 3 rings (SSSR count). The third-order valence-electron chi connectivity index (χ3n) is 3.50. The first-order valence-electron chi connectivity index (χ1n) is 7.68. The summed E-state index contributed by atoms with van der Waals surface area (Å²) < 4.78 is 15.6. The molecule has 0 unspecified atom stereocenters. The van der Waals surface area contributed by atoms with Crippen molar-refractivity contribution in [2.45, 2.75) is 0 Å². The molecule has 10 heteroatoms. The standard InChI is InChI=1S/C17H14N4O6/c1-25-15-7-4-12(21(23)24)8-14(15)19-16(22)9-26-13-5-2-11(3-6-13)17-20-18-10-27-17/h2-8,10H,9H2,1H3,(H,19,22). The van der Waals surface area contributed by atoms with Crippen LogP contribution in [0.25, 0.3) is 11.5 Å². The molecule has 2 aromatic carbocycles. The maximum atomic E-state index is 12.1. The van der Waals surface area contributed by atoms with Crippen LogP contribution >= 0.6 is 0 Å². The number of non-ortho nitro benzene ring substituents is 1. The number of aromatic nitrogens is 2. The van der Waals surface area contributed by atoms with Crippen molar-refractivity contribution < 1.29 is 23.6 Å². The van der Waals surface area contributed by atoms with Gasteiger partial charge in [0.25, 0.3) is 11.6 Å². The van der Waals surface area contributed by atoms with Gasteiger partial charge in [0.05, 0.1) is 17.7 Å². The van der Waals surface area contributed by atoms with Gasteiger partial charge in [-0.25, -0.2) is 0 Å². The highest BCUT2D eigenvalue weighted by molar-refractivity contribution is 5.93. The summed E-state index contributed by atoms with van der Waals surface area (Å²) in [6, 6.07) is 10.6. The maximum Gasteiger partial charge on any atom is 0.271 e. The Morgan fingerprint density at radius 3 is 2.67 bits per heavy atom. The molecule has 1 heterocycles. The van der Waals surface area contributed by atoms with E-state index in [0.29, 0.717) is 23.0 Å². The lowest BCUT2D eigenvalue weighted by Crippen LogP contribution is -2.20. The van der Waals surface area contributed by atoms with E-state index < -0.39 is 10.8 Å². The number of nitrogens with one attached hydrogen (secondary N) is 1. The zero-order chi connectivity index (χ0) is 19.2. The van der Waals surface area contributed by atoms with Crippen molar-refractivity contribution in [2.24, 2.45) is 0 Å². The molecule has 0 aliphatic carbocycles. The van der Waals surface area contributed by atoms with E-state index in [-0.39, 0.29) is 18.0 Å². The zero-order valence-corrected chi connectivity index (χ0v) is 14.1. The normalized spacial score (nSPS) is 10.3. The zero-order valence-electron chi connectivity index (χ0n) is 14.1. The third-order valence-corrected chi connectivity index (χ3v) is 3.50. The Morgan fingerprint density at radius 2 is 2.04 bits per heavy atom. The van der Waals surface area contributed by atoms with Gasteiger partial charge in [-0.1, -0.05) is 0 Å². The van der Waals surface area contributed by atoms with Crippen LogP contribution < -0.4 is 14.8 Å². The van der Waals surface area contributed by atoms with Crippen molar-refractivity contribution in [1.82, 2.24) is 10.2 Å². The van der Waals surface area contributed by atoms with Crippen molar-refractivity contribution in [2.75, 3.05) is 19.0 Å². The predicted octanol–water partition coefficient (Wildman–Crippen LogP) is 2.67. The van der Waals surface area contributed by atoms with Crippen LogP contribution in [0.15, 0.2) is 53.3 Å². The molecule has 0 atom stereocenters. The van der Waals surface area contributed by atoms with E-state index in [1.54, 1.807) is 24.3 Å². The fraction of sp³-hybridized carbons (Fsp3) is 0.118. The molecule has 10 nitrogen and oxygen atoms in total. The lowest BCUT2D eigenvalue weighted by Gasteiger charge is -2.11. The Labute approximate surface area is 152 Å². The van der Waals surface area contributed by atoms with Crippen LogP contribution in [0, 0.1) is 10.1 Å². The monoisotopic (exact) mass is 370 g/mol. The molecule has 3 aromatic rings. The molecule has 1 amide bonds. The molecule has 27 heavy (non-hydrogen) atoms. The molecule has 1 N–H and O–H groups in total. The van der Waals surface area contributed by atoms with Crippen molar-refractivity contribution in [3.05, 3.63) is 59.0 Å². The number of ether oxygens (including phenoxy) is 2. The van der Waals surface area contributed by atoms with Crippen LogP contribution in [0.4, 0.5) is 11.4 Å². The van der Waals surface area contributed by atoms with E-state index in [0.717, 1.165) is 0 Å². The molecule has 0 fully saturated rings. The number of nitro benzene ring substituents is 1. The first-order chi connectivity index (χ1) is 13.1. The topological polar surface area (TPSA) is 130 Å². The highest BCUT2D eigenvalue weighted by Gasteiger charge is 2.14. The minimum atomic E-state index is -0.559. The summed E-state index contributed by atoms with van der Waals surface area (Å²) in [5, 5.41) is 20.8. The van der Waals surface area contributed by atoms with E-state index in [4.69, 9.17) is 13.9 Å². The van der Waals surface area contributed by atoms with Gasteiger partial charge in [-0.2, -0.15) is 0 Å². The van der Waals surface area contributed by atoms with Crippen LogP contribution in [0.2, 0.25) is 0 Å². The van der Waals surface area contributed by atoms with Gasteiger partial charge in [-0.3, -0.25) is 14.9 Å². The van der Waals surface area contributed by atoms with E-state index in [9.17, 15) is 14.9 Å². The van der Waals surface area contributed by atoms with Gasteiger partial charge < -0.3 is 19.2 Å². The summed E-state index contributed by atoms with van der Waals surface area (Å²) in [4.78, 5) is 22.4. The summed E-state index contributed by atoms with van der Waals surface area (Å²) in [6.45, 7) is -0.286. The lowest BCUT2D eigenvalue weighted by atomic mass is 10.2. The number of nitro groups is 1. The predicted molar refractivity (Wildman–Crippen MR) is 93.5 cm³/mol. The van der Waals surface area contributed by atoms with Crippen LogP contribution in [-0.4, -0.2) is 34.7 Å². The number of methoxy groups -OCH3 is 1. The number of anilines is 1. The van der Waals surface area contributed by atoms with Crippen molar-refractivity contribution >= 4 is 17.3 Å². The second-order valence-electron chi connectivity index (χ2n) is 5.25. The van der Waals surface area contributed by atoms with Gasteiger partial charge in [-0.15, -0.1) is 10.2 Å². The Balaban J connectivity index is 1.61. The SMILES string of the molecule is COc1ccc([N+](=O)[O-])cc1NC(=O)COc1ccc(-c2nnco2)cc1. The fourth-order valence-electron chi connectivity index (χ4n) is 2.23. The number of rotatable bonds is 7. The Hall–Kier alpha value is -3.95. The minimum Gasteiger partial charge on any atom is -0.495 e. The van der Waals surface area contributed by atoms with Crippen molar-refractivity contribution in [1.29, 1.82) is 0 Å². The first-order valence-corrected chi connectivity index (χ1v) is 7.68. The van der Waals surface area contributed by atoms with Gasteiger partial charge in [0, 0.05) is 17.7 Å². The maximum absolute atomic E-state index is 12.1. The van der Waals surface area contributed by atoms with Gasteiger partial charge in [0.1, 0.15) is 11.5 Å². The summed E-state index contributed by atoms with van der Waals surface area (Å²) in [5.41, 5.74) is 0.737. The second-order valence-corrected chi connectivity index (χ2v) is 5.25. The molecule has 0 saturated heterocycles. The van der Waals surface area contributed by atoms with Gasteiger partial charge in [0.2, 0.25) is 12.3 Å². The number of hydrogen-bond donors (Lipinski definition) is 1. The Morgan fingerprint density at radius 1 is 1.26 bits per heavy atom. The minimum absolute atomic E-state index is 0.163. The third kappa shape index (κ3) is 4.37. The largest absolute Gasteiger partial charge is 0.495 e. The highest BCUT2D eigenvalue weighted by Crippen LogP contribution is 2.28. The quantitative estimate of drug-likeness (QED) is 0.496. The molecule has 138 valence electrons. The van der Waals surface area contributed by atoms with Crippen LogP contribution in [-0.2, 0) is 4.79 Å². The smallest absolute Gasteiger partial charge is 0.271 e. The Bertz CT molecular complexity index is 941. The highest BCUT2D eigenvalue weighted by atomic mass is 16.6. The number of nitrogens with zero attached hydrogens (tertiary/aromatic N) is 3. The molecule has 1 aromatic heterocycles. The number of carbonyl (C=O) groups excluding carboxylic acids is 1. The van der Waals surface area contributed by atoms with Crippen LogP contribution in [0.3, 0.4) is 0 Å². The Kier molecular flexibility index (Phi) is 5.26. The van der Waals surface area contributed by atoms with Crippen LogP contribution in [0.1, 0.15) is 0 Å². The first kappa shape index (κ1) is 17.9. The molecule has 0 aliphatic heterocycles.